The van der Waals surface area contributed by atoms with E-state index in [4.69, 9.17) is 9.47 Å². The van der Waals surface area contributed by atoms with Crippen LogP contribution in [0.2, 0.25) is 0 Å². The third-order valence-corrected chi connectivity index (χ3v) is 3.36. The monoisotopic (exact) mass is 225 g/mol. The van der Waals surface area contributed by atoms with Gasteiger partial charge in [0.25, 0.3) is 0 Å². The van der Waals surface area contributed by atoms with Crippen molar-refractivity contribution in [3.8, 4) is 0 Å². The molecule has 2 rings (SSSR count). The maximum absolute atomic E-state index is 5.73. The average molecular weight is 225 g/mol. The molecule has 3 heteroatoms. The van der Waals surface area contributed by atoms with Crippen LogP contribution in [0.3, 0.4) is 0 Å². The summed E-state index contributed by atoms with van der Waals surface area (Å²) in [5.41, 5.74) is 2.87. The Kier molecular flexibility index (Phi) is 3.87. The van der Waals surface area contributed by atoms with Crippen LogP contribution in [0.25, 0.3) is 0 Å². The smallest absolute Gasteiger partial charge is 0.0754 e. The first-order valence-electron chi connectivity index (χ1n) is 6.32. The first kappa shape index (κ1) is 11.9. The molecule has 2 heterocycles. The van der Waals surface area contributed by atoms with Crippen LogP contribution >= 0.6 is 0 Å². The Morgan fingerprint density at radius 2 is 2.00 bits per heavy atom. The second-order valence-electron chi connectivity index (χ2n) is 5.11. The number of hydrogen-bond acceptors (Lipinski definition) is 3. The van der Waals surface area contributed by atoms with Crippen molar-refractivity contribution in [2.45, 2.75) is 33.2 Å². The highest BCUT2D eigenvalue weighted by Crippen LogP contribution is 2.26. The normalized spacial score (nSPS) is 27.8. The van der Waals surface area contributed by atoms with Crippen LogP contribution < -0.4 is 0 Å². The van der Waals surface area contributed by atoms with Gasteiger partial charge in [-0.15, -0.1) is 0 Å². The molecule has 92 valence electrons. The maximum Gasteiger partial charge on any atom is 0.0754 e. The van der Waals surface area contributed by atoms with Gasteiger partial charge in [-0.2, -0.15) is 0 Å². The summed E-state index contributed by atoms with van der Waals surface area (Å²) in [6.07, 6.45) is 1.12. The summed E-state index contributed by atoms with van der Waals surface area (Å²) in [7, 11) is 0. The third-order valence-electron chi connectivity index (χ3n) is 3.36. The van der Waals surface area contributed by atoms with E-state index < -0.39 is 0 Å². The first-order valence-corrected chi connectivity index (χ1v) is 6.32. The second kappa shape index (κ2) is 5.19. The predicted octanol–water partition coefficient (Wildman–Crippen LogP) is 2.04. The third kappa shape index (κ3) is 2.41. The summed E-state index contributed by atoms with van der Waals surface area (Å²) in [5.74, 6) is 0.572. The molecular weight excluding hydrogens is 202 g/mol. The van der Waals surface area contributed by atoms with E-state index in [1.807, 2.05) is 0 Å². The summed E-state index contributed by atoms with van der Waals surface area (Å²) in [5, 5.41) is 0. The number of allylic oxidation sites excluding steroid dienone is 1. The Bertz CT molecular complexity index is 273. The Morgan fingerprint density at radius 1 is 1.25 bits per heavy atom. The fourth-order valence-corrected chi connectivity index (χ4v) is 2.78. The van der Waals surface area contributed by atoms with Crippen LogP contribution in [0.1, 0.15) is 27.2 Å². The van der Waals surface area contributed by atoms with Crippen LogP contribution in [0, 0.1) is 5.92 Å². The molecule has 3 nitrogen and oxygen atoms in total. The van der Waals surface area contributed by atoms with E-state index in [0.29, 0.717) is 12.0 Å². The largest absolute Gasteiger partial charge is 0.379 e. The van der Waals surface area contributed by atoms with Crippen LogP contribution in [-0.4, -0.2) is 43.9 Å². The van der Waals surface area contributed by atoms with Gasteiger partial charge in [0.2, 0.25) is 0 Å². The molecule has 1 saturated heterocycles. The molecule has 0 aliphatic carbocycles. The van der Waals surface area contributed by atoms with E-state index in [1.54, 1.807) is 0 Å². The summed E-state index contributed by atoms with van der Waals surface area (Å²) in [4.78, 5) is 2.53. The van der Waals surface area contributed by atoms with Crippen LogP contribution in [0.5, 0.6) is 0 Å². The van der Waals surface area contributed by atoms with E-state index in [2.05, 4.69) is 25.7 Å². The van der Waals surface area contributed by atoms with Crippen LogP contribution in [0.15, 0.2) is 11.3 Å². The van der Waals surface area contributed by atoms with E-state index >= 15 is 0 Å². The van der Waals surface area contributed by atoms with E-state index in [1.165, 1.54) is 11.3 Å². The van der Waals surface area contributed by atoms with Gasteiger partial charge in [0.1, 0.15) is 0 Å². The number of hydrogen-bond donors (Lipinski definition) is 0. The highest BCUT2D eigenvalue weighted by Gasteiger charge is 2.28. The molecule has 1 fully saturated rings. The van der Waals surface area contributed by atoms with E-state index in [-0.39, 0.29) is 0 Å². The Balaban J connectivity index is 2.26. The molecule has 16 heavy (non-hydrogen) atoms. The molecule has 0 aromatic carbocycles. The lowest BCUT2D eigenvalue weighted by molar-refractivity contribution is 0.0550. The maximum atomic E-state index is 5.73. The van der Waals surface area contributed by atoms with Crippen molar-refractivity contribution < 1.29 is 9.47 Å². The fourth-order valence-electron chi connectivity index (χ4n) is 2.78. The minimum absolute atomic E-state index is 0.414. The van der Waals surface area contributed by atoms with Gasteiger partial charge in [-0.1, -0.05) is 13.8 Å². The Labute approximate surface area is 98.4 Å². The average Bonchev–Trinajstić information content (AvgIpc) is 2.50. The van der Waals surface area contributed by atoms with E-state index in [0.717, 1.165) is 39.4 Å². The van der Waals surface area contributed by atoms with Crippen molar-refractivity contribution in [1.82, 2.24) is 4.90 Å². The quantitative estimate of drug-likeness (QED) is 0.681. The SMILES string of the molecule is CC1=C(C(C)C)N2CCCOCC2COC1. The molecule has 0 spiro atoms. The number of ether oxygens (including phenoxy) is 2. The number of fused-ring (bicyclic) bond motifs is 1. The lowest BCUT2D eigenvalue weighted by Gasteiger charge is -2.34. The minimum Gasteiger partial charge on any atom is -0.379 e. The standard InChI is InChI=1S/C13H23NO2/c1-10(2)13-11(3)7-16-9-12-8-15-6-4-5-14(12)13/h10,12H,4-9H2,1-3H3. The summed E-state index contributed by atoms with van der Waals surface area (Å²) >= 11 is 0. The van der Waals surface area contributed by atoms with Gasteiger partial charge in [-0.25, -0.2) is 0 Å². The fraction of sp³-hybridized carbons (Fsp3) is 0.846. The molecule has 0 N–H and O–H groups in total. The molecule has 1 atom stereocenters. The molecular formula is C13H23NO2. The van der Waals surface area contributed by atoms with Crippen molar-refractivity contribution in [3.05, 3.63) is 11.3 Å². The lowest BCUT2D eigenvalue weighted by Crippen LogP contribution is -2.40. The van der Waals surface area contributed by atoms with Crippen molar-refractivity contribution in [2.24, 2.45) is 5.92 Å². The second-order valence-corrected chi connectivity index (χ2v) is 5.11. The van der Waals surface area contributed by atoms with Crippen molar-refractivity contribution in [1.29, 1.82) is 0 Å². The summed E-state index contributed by atoms with van der Waals surface area (Å²) in [6, 6.07) is 0.414. The van der Waals surface area contributed by atoms with E-state index in [9.17, 15) is 0 Å². The van der Waals surface area contributed by atoms with Gasteiger partial charge in [-0.05, 0) is 24.8 Å². The zero-order valence-electron chi connectivity index (χ0n) is 10.7. The number of rotatable bonds is 1. The predicted molar refractivity (Wildman–Crippen MR) is 64.3 cm³/mol. The molecule has 1 unspecified atom stereocenters. The summed E-state index contributed by atoms with van der Waals surface area (Å²) in [6.45, 7) is 11.1. The van der Waals surface area contributed by atoms with Crippen LogP contribution in [0.4, 0.5) is 0 Å². The van der Waals surface area contributed by atoms with Crippen molar-refractivity contribution in [3.63, 3.8) is 0 Å². The molecule has 0 saturated carbocycles. The highest BCUT2D eigenvalue weighted by atomic mass is 16.5. The lowest BCUT2D eigenvalue weighted by atomic mass is 10.0. The highest BCUT2D eigenvalue weighted by molar-refractivity contribution is 5.16. The topological polar surface area (TPSA) is 21.7 Å². The Hall–Kier alpha value is -0.540. The van der Waals surface area contributed by atoms with Gasteiger partial charge >= 0.3 is 0 Å². The summed E-state index contributed by atoms with van der Waals surface area (Å²) < 4.78 is 11.4. The molecule has 0 radical (unpaired) electrons. The molecule has 0 amide bonds. The zero-order valence-corrected chi connectivity index (χ0v) is 10.7. The number of nitrogens with zero attached hydrogens (tertiary/aromatic N) is 1. The molecule has 2 aliphatic heterocycles. The van der Waals surface area contributed by atoms with Crippen LogP contribution in [-0.2, 0) is 9.47 Å². The van der Waals surface area contributed by atoms with Gasteiger partial charge in [-0.3, -0.25) is 0 Å². The molecule has 0 aromatic rings. The molecule has 0 bridgehead atoms. The van der Waals surface area contributed by atoms with Gasteiger partial charge < -0.3 is 14.4 Å². The van der Waals surface area contributed by atoms with Gasteiger partial charge in [0, 0.05) is 18.8 Å². The Morgan fingerprint density at radius 3 is 2.75 bits per heavy atom. The minimum atomic E-state index is 0.414. The molecule has 2 aliphatic rings. The zero-order chi connectivity index (χ0) is 11.5. The van der Waals surface area contributed by atoms with Crippen molar-refractivity contribution >= 4 is 0 Å². The van der Waals surface area contributed by atoms with Crippen molar-refractivity contribution in [2.75, 3.05) is 33.0 Å². The van der Waals surface area contributed by atoms with Gasteiger partial charge in [0.05, 0.1) is 25.9 Å². The molecule has 0 aromatic heterocycles. The van der Waals surface area contributed by atoms with Gasteiger partial charge in [0.15, 0.2) is 0 Å². The first-order chi connectivity index (χ1) is 7.70.